The Bertz CT molecular complexity index is 256. The molecule has 0 saturated carbocycles. The van der Waals surface area contributed by atoms with Crippen LogP contribution in [0.1, 0.15) is 13.3 Å². The molecule has 5 nitrogen and oxygen atoms in total. The van der Waals surface area contributed by atoms with Crippen molar-refractivity contribution in [1.29, 1.82) is 0 Å². The van der Waals surface area contributed by atoms with Crippen LogP contribution in [0, 0.1) is 5.92 Å². The number of rotatable bonds is 3. The predicted molar refractivity (Wildman–Crippen MR) is 65.6 cm³/mol. The van der Waals surface area contributed by atoms with Crippen LogP contribution in [0.15, 0.2) is 0 Å². The summed E-state index contributed by atoms with van der Waals surface area (Å²) in [5.41, 5.74) is 5.61. The Balaban J connectivity index is 1.72. The third-order valence-electron chi connectivity index (χ3n) is 3.61. The Morgan fingerprint density at radius 3 is 2.65 bits per heavy atom. The van der Waals surface area contributed by atoms with Gasteiger partial charge in [-0.3, -0.25) is 9.69 Å². The van der Waals surface area contributed by atoms with Crippen LogP contribution in [0.25, 0.3) is 0 Å². The van der Waals surface area contributed by atoms with Crippen LogP contribution < -0.4 is 5.73 Å². The summed E-state index contributed by atoms with van der Waals surface area (Å²) in [5.74, 6) is 0.763. The zero-order valence-electron chi connectivity index (χ0n) is 10.6. The number of ether oxygens (including phenoxy) is 1. The van der Waals surface area contributed by atoms with Gasteiger partial charge in [0.25, 0.3) is 0 Å². The Hall–Kier alpha value is -0.650. The highest BCUT2D eigenvalue weighted by molar-refractivity contribution is 5.81. The topological polar surface area (TPSA) is 58.8 Å². The molecule has 2 rings (SSSR count). The van der Waals surface area contributed by atoms with Crippen molar-refractivity contribution in [3.8, 4) is 0 Å². The molecule has 2 heterocycles. The van der Waals surface area contributed by atoms with Crippen LogP contribution in [0.2, 0.25) is 0 Å². The van der Waals surface area contributed by atoms with E-state index < -0.39 is 0 Å². The molecule has 0 spiro atoms. The maximum atomic E-state index is 11.7. The number of nitrogens with zero attached hydrogens (tertiary/aromatic N) is 2. The number of hydrogen-bond acceptors (Lipinski definition) is 4. The molecule has 0 bridgehead atoms. The van der Waals surface area contributed by atoms with Crippen molar-refractivity contribution >= 4 is 5.91 Å². The average molecular weight is 241 g/mol. The van der Waals surface area contributed by atoms with Gasteiger partial charge in [-0.1, -0.05) is 0 Å². The van der Waals surface area contributed by atoms with Gasteiger partial charge < -0.3 is 15.4 Å². The van der Waals surface area contributed by atoms with E-state index >= 15 is 0 Å². The molecule has 17 heavy (non-hydrogen) atoms. The van der Waals surface area contributed by atoms with E-state index in [-0.39, 0.29) is 11.9 Å². The molecule has 1 amide bonds. The van der Waals surface area contributed by atoms with Crippen molar-refractivity contribution in [2.75, 3.05) is 45.9 Å². The zero-order valence-corrected chi connectivity index (χ0v) is 10.6. The summed E-state index contributed by atoms with van der Waals surface area (Å²) in [6.45, 7) is 8.24. The van der Waals surface area contributed by atoms with Gasteiger partial charge in [0.15, 0.2) is 0 Å². The fourth-order valence-corrected chi connectivity index (χ4v) is 2.53. The molecule has 2 fully saturated rings. The lowest BCUT2D eigenvalue weighted by Gasteiger charge is -2.36. The zero-order chi connectivity index (χ0) is 12.3. The van der Waals surface area contributed by atoms with Gasteiger partial charge in [0.2, 0.25) is 5.91 Å². The van der Waals surface area contributed by atoms with Crippen molar-refractivity contribution in [1.82, 2.24) is 9.80 Å². The van der Waals surface area contributed by atoms with Crippen LogP contribution in [0.5, 0.6) is 0 Å². The van der Waals surface area contributed by atoms with Gasteiger partial charge in [0.1, 0.15) is 0 Å². The fourth-order valence-electron chi connectivity index (χ4n) is 2.53. The molecule has 2 saturated heterocycles. The Morgan fingerprint density at radius 2 is 2.12 bits per heavy atom. The first kappa shape index (κ1) is 12.8. The lowest BCUT2D eigenvalue weighted by Crippen LogP contribution is -2.53. The van der Waals surface area contributed by atoms with E-state index in [1.807, 2.05) is 4.90 Å². The molecule has 0 aliphatic carbocycles. The third kappa shape index (κ3) is 3.40. The Labute approximate surface area is 103 Å². The molecule has 0 radical (unpaired) electrons. The second-order valence-electron chi connectivity index (χ2n) is 5.14. The number of hydrogen-bond donors (Lipinski definition) is 1. The highest BCUT2D eigenvalue weighted by Crippen LogP contribution is 2.15. The smallest absolute Gasteiger partial charge is 0.239 e. The first-order chi connectivity index (χ1) is 8.16. The van der Waals surface area contributed by atoms with E-state index in [4.69, 9.17) is 10.5 Å². The van der Waals surface area contributed by atoms with Crippen molar-refractivity contribution in [3.05, 3.63) is 0 Å². The van der Waals surface area contributed by atoms with Crippen molar-refractivity contribution in [2.45, 2.75) is 19.4 Å². The molecule has 0 aromatic carbocycles. The standard InChI is InChI=1S/C12H23N3O2/c1-10(13)12(16)15-5-3-14(4-6-15)8-11-2-7-17-9-11/h10-11H,2-9,13H2,1H3. The predicted octanol–water partition coefficient (Wildman–Crippen LogP) is -0.486. The monoisotopic (exact) mass is 241 g/mol. The molecule has 98 valence electrons. The molecular formula is C12H23N3O2. The molecular weight excluding hydrogens is 218 g/mol. The third-order valence-corrected chi connectivity index (χ3v) is 3.61. The highest BCUT2D eigenvalue weighted by atomic mass is 16.5. The number of carbonyl (C=O) groups excluding carboxylic acids is 1. The Kier molecular flexibility index (Phi) is 4.36. The second-order valence-corrected chi connectivity index (χ2v) is 5.14. The average Bonchev–Trinajstić information content (AvgIpc) is 2.82. The maximum Gasteiger partial charge on any atom is 0.239 e. The van der Waals surface area contributed by atoms with Crippen LogP contribution in [0.4, 0.5) is 0 Å². The molecule has 2 N–H and O–H groups in total. The largest absolute Gasteiger partial charge is 0.381 e. The van der Waals surface area contributed by atoms with Crippen molar-refractivity contribution in [2.24, 2.45) is 11.7 Å². The van der Waals surface area contributed by atoms with Gasteiger partial charge in [-0.15, -0.1) is 0 Å². The molecule has 2 atom stereocenters. The van der Waals surface area contributed by atoms with Crippen LogP contribution >= 0.6 is 0 Å². The van der Waals surface area contributed by atoms with E-state index in [0.717, 1.165) is 45.9 Å². The quantitative estimate of drug-likeness (QED) is 0.724. The molecule has 0 aromatic rings. The number of carbonyl (C=O) groups is 1. The first-order valence-electron chi connectivity index (χ1n) is 6.51. The van der Waals surface area contributed by atoms with Crippen LogP contribution in [-0.2, 0) is 9.53 Å². The minimum Gasteiger partial charge on any atom is -0.381 e. The van der Waals surface area contributed by atoms with E-state index in [9.17, 15) is 4.79 Å². The van der Waals surface area contributed by atoms with Crippen LogP contribution in [-0.4, -0.2) is 67.7 Å². The summed E-state index contributed by atoms with van der Waals surface area (Å²) >= 11 is 0. The highest BCUT2D eigenvalue weighted by Gasteiger charge is 2.25. The molecule has 5 heteroatoms. The minimum absolute atomic E-state index is 0.0776. The lowest BCUT2D eigenvalue weighted by molar-refractivity contribution is -0.134. The summed E-state index contributed by atoms with van der Waals surface area (Å²) in [6.07, 6.45) is 1.18. The van der Waals surface area contributed by atoms with Gasteiger partial charge in [0, 0.05) is 39.3 Å². The lowest BCUT2D eigenvalue weighted by atomic mass is 10.1. The molecule has 2 unspecified atom stereocenters. The normalized spacial score (nSPS) is 28.4. The van der Waals surface area contributed by atoms with Gasteiger partial charge in [-0.2, -0.15) is 0 Å². The van der Waals surface area contributed by atoms with Gasteiger partial charge in [0.05, 0.1) is 12.6 Å². The molecule has 2 aliphatic heterocycles. The SMILES string of the molecule is CC(N)C(=O)N1CCN(CC2CCOC2)CC1. The Morgan fingerprint density at radius 1 is 1.41 bits per heavy atom. The van der Waals surface area contributed by atoms with Gasteiger partial charge >= 0.3 is 0 Å². The summed E-state index contributed by atoms with van der Waals surface area (Å²) in [7, 11) is 0. The van der Waals surface area contributed by atoms with Crippen molar-refractivity contribution < 1.29 is 9.53 Å². The van der Waals surface area contributed by atoms with E-state index in [1.165, 1.54) is 6.42 Å². The minimum atomic E-state index is -0.371. The fraction of sp³-hybridized carbons (Fsp3) is 0.917. The van der Waals surface area contributed by atoms with E-state index in [2.05, 4.69) is 4.90 Å². The second kappa shape index (κ2) is 5.80. The van der Waals surface area contributed by atoms with Gasteiger partial charge in [-0.05, 0) is 19.3 Å². The summed E-state index contributed by atoms with van der Waals surface area (Å²) in [4.78, 5) is 16.0. The first-order valence-corrected chi connectivity index (χ1v) is 6.51. The number of nitrogens with two attached hydrogens (primary N) is 1. The number of amides is 1. The maximum absolute atomic E-state index is 11.7. The van der Waals surface area contributed by atoms with Crippen LogP contribution in [0.3, 0.4) is 0 Å². The summed E-state index contributed by atoms with van der Waals surface area (Å²) in [5, 5.41) is 0. The van der Waals surface area contributed by atoms with Crippen molar-refractivity contribution in [3.63, 3.8) is 0 Å². The van der Waals surface area contributed by atoms with E-state index in [0.29, 0.717) is 5.92 Å². The van der Waals surface area contributed by atoms with E-state index in [1.54, 1.807) is 6.92 Å². The number of piperazine rings is 1. The summed E-state index contributed by atoms with van der Waals surface area (Å²) in [6, 6.07) is -0.371. The molecule has 0 aromatic heterocycles. The molecule has 2 aliphatic rings. The van der Waals surface area contributed by atoms with Gasteiger partial charge in [-0.25, -0.2) is 0 Å². The summed E-state index contributed by atoms with van der Waals surface area (Å²) < 4.78 is 5.38.